The molecule has 1 heterocycles. The van der Waals surface area contributed by atoms with Crippen LogP contribution in [-0.2, 0) is 14.8 Å². The molecule has 0 saturated carbocycles. The van der Waals surface area contributed by atoms with Crippen molar-refractivity contribution >= 4 is 21.7 Å². The topological polar surface area (TPSA) is 92.5 Å². The molecule has 0 saturated heterocycles. The number of aromatic nitrogens is 1. The maximum Gasteiger partial charge on any atom is 0.243 e. The Morgan fingerprint density at radius 2 is 1.88 bits per heavy atom. The third-order valence-corrected chi connectivity index (χ3v) is 5.43. The van der Waals surface area contributed by atoms with Crippen molar-refractivity contribution < 1.29 is 17.7 Å². The van der Waals surface area contributed by atoms with Crippen molar-refractivity contribution in [1.82, 2.24) is 9.46 Å². The maximum atomic E-state index is 12.8. The van der Waals surface area contributed by atoms with Crippen molar-refractivity contribution in [1.29, 1.82) is 0 Å². The smallest absolute Gasteiger partial charge is 0.243 e. The van der Waals surface area contributed by atoms with Gasteiger partial charge in [-0.2, -0.15) is 4.31 Å². The molecule has 0 atom stereocenters. The zero-order valence-corrected chi connectivity index (χ0v) is 14.9. The number of hydrogen-bond donors (Lipinski definition) is 1. The van der Waals surface area contributed by atoms with E-state index in [2.05, 4.69) is 10.5 Å². The van der Waals surface area contributed by atoms with Crippen LogP contribution in [0.2, 0.25) is 0 Å². The molecule has 0 spiro atoms. The molecule has 24 heavy (non-hydrogen) atoms. The molecule has 0 bridgehead atoms. The average Bonchev–Trinajstić information content (AvgIpc) is 2.90. The highest BCUT2D eigenvalue weighted by Crippen LogP contribution is 2.19. The molecule has 1 aromatic carbocycles. The first-order valence-electron chi connectivity index (χ1n) is 7.52. The minimum absolute atomic E-state index is 0.159. The summed E-state index contributed by atoms with van der Waals surface area (Å²) in [6.07, 6.45) is 0. The summed E-state index contributed by atoms with van der Waals surface area (Å²) in [4.78, 5) is 12.3. The number of anilines is 1. The van der Waals surface area contributed by atoms with Crippen molar-refractivity contribution in [3.05, 3.63) is 41.7 Å². The number of hydrogen-bond acceptors (Lipinski definition) is 5. The fourth-order valence-electron chi connectivity index (χ4n) is 2.14. The number of sulfonamides is 1. The highest BCUT2D eigenvalue weighted by Gasteiger charge is 2.29. The van der Waals surface area contributed by atoms with Crippen molar-refractivity contribution in [3.63, 3.8) is 0 Å². The zero-order valence-electron chi connectivity index (χ0n) is 14.1. The molecule has 0 fully saturated rings. The summed E-state index contributed by atoms with van der Waals surface area (Å²) in [5, 5.41) is 6.19. The summed E-state index contributed by atoms with van der Waals surface area (Å²) in [5.74, 6) is 0.333. The summed E-state index contributed by atoms with van der Waals surface area (Å²) in [6, 6.07) is 7.72. The standard InChI is InChI=1S/C16H21N3O4S/c1-11(2)19(10-16(20)17-15-9-13(4)23-18-15)24(21,22)14-7-5-12(3)6-8-14/h5-9,11H,10H2,1-4H3,(H,17,18,20). The van der Waals surface area contributed by atoms with Crippen molar-refractivity contribution in [2.24, 2.45) is 0 Å². The van der Waals surface area contributed by atoms with Crippen LogP contribution < -0.4 is 5.32 Å². The van der Waals surface area contributed by atoms with Crippen LogP contribution in [0.25, 0.3) is 0 Å². The van der Waals surface area contributed by atoms with E-state index in [1.54, 1.807) is 51.1 Å². The maximum absolute atomic E-state index is 12.8. The normalized spacial score (nSPS) is 11.9. The Morgan fingerprint density at radius 1 is 1.25 bits per heavy atom. The third-order valence-electron chi connectivity index (χ3n) is 3.40. The second-order valence-corrected chi connectivity index (χ2v) is 7.72. The Balaban J connectivity index is 2.19. The summed E-state index contributed by atoms with van der Waals surface area (Å²) in [5.41, 5.74) is 0.962. The second kappa shape index (κ2) is 7.14. The molecule has 0 radical (unpaired) electrons. The Bertz CT molecular complexity index is 810. The number of aryl methyl sites for hydroxylation is 2. The SMILES string of the molecule is Cc1ccc(S(=O)(=O)N(CC(=O)Nc2cc(C)on2)C(C)C)cc1. The van der Waals surface area contributed by atoms with Crippen LogP contribution in [-0.4, -0.2) is 36.4 Å². The Labute approximate surface area is 141 Å². The first kappa shape index (κ1) is 18.2. The molecular weight excluding hydrogens is 330 g/mol. The van der Waals surface area contributed by atoms with Crippen LogP contribution in [0.4, 0.5) is 5.82 Å². The van der Waals surface area contributed by atoms with Gasteiger partial charge in [0.1, 0.15) is 5.76 Å². The van der Waals surface area contributed by atoms with Gasteiger partial charge in [-0.05, 0) is 39.8 Å². The highest BCUT2D eigenvalue weighted by molar-refractivity contribution is 7.89. The van der Waals surface area contributed by atoms with E-state index in [0.717, 1.165) is 9.87 Å². The lowest BCUT2D eigenvalue weighted by Gasteiger charge is -2.25. The molecule has 1 aromatic heterocycles. The van der Waals surface area contributed by atoms with E-state index in [9.17, 15) is 13.2 Å². The molecule has 0 aliphatic carbocycles. The molecule has 2 rings (SSSR count). The van der Waals surface area contributed by atoms with Crippen LogP contribution in [0.15, 0.2) is 39.8 Å². The summed E-state index contributed by atoms with van der Waals surface area (Å²) < 4.78 is 31.6. The van der Waals surface area contributed by atoms with Gasteiger partial charge >= 0.3 is 0 Å². The number of benzene rings is 1. The number of amides is 1. The largest absolute Gasteiger partial charge is 0.360 e. The van der Waals surface area contributed by atoms with Crippen LogP contribution in [0.3, 0.4) is 0 Å². The monoisotopic (exact) mass is 351 g/mol. The molecule has 1 N–H and O–H groups in total. The molecule has 0 unspecified atom stereocenters. The van der Waals surface area contributed by atoms with Crippen LogP contribution >= 0.6 is 0 Å². The third kappa shape index (κ3) is 4.21. The summed E-state index contributed by atoms with van der Waals surface area (Å²) in [6.45, 7) is 6.72. The molecule has 7 nitrogen and oxygen atoms in total. The van der Waals surface area contributed by atoms with Crippen molar-refractivity contribution in [3.8, 4) is 0 Å². The molecule has 0 aliphatic heterocycles. The number of nitrogens with one attached hydrogen (secondary N) is 1. The Morgan fingerprint density at radius 3 is 2.38 bits per heavy atom. The van der Waals surface area contributed by atoms with Gasteiger partial charge in [0.05, 0.1) is 11.4 Å². The zero-order chi connectivity index (χ0) is 17.9. The first-order chi connectivity index (χ1) is 11.2. The number of carbonyl (C=O) groups is 1. The second-order valence-electron chi connectivity index (χ2n) is 5.83. The lowest BCUT2D eigenvalue weighted by molar-refractivity contribution is -0.116. The molecule has 130 valence electrons. The van der Waals surface area contributed by atoms with Gasteiger partial charge in [0.25, 0.3) is 0 Å². The number of rotatable bonds is 6. The van der Waals surface area contributed by atoms with Gasteiger partial charge in [0.15, 0.2) is 5.82 Å². The van der Waals surface area contributed by atoms with Gasteiger partial charge in [-0.25, -0.2) is 8.42 Å². The van der Waals surface area contributed by atoms with Crippen LogP contribution in [0.1, 0.15) is 25.2 Å². The van der Waals surface area contributed by atoms with Gasteiger partial charge < -0.3 is 9.84 Å². The fourth-order valence-corrected chi connectivity index (χ4v) is 3.73. The Hall–Kier alpha value is -2.19. The predicted octanol–water partition coefficient (Wildman–Crippen LogP) is 2.33. The first-order valence-corrected chi connectivity index (χ1v) is 8.96. The minimum Gasteiger partial charge on any atom is -0.360 e. The highest BCUT2D eigenvalue weighted by atomic mass is 32.2. The van der Waals surface area contributed by atoms with E-state index < -0.39 is 15.9 Å². The van der Waals surface area contributed by atoms with E-state index in [-0.39, 0.29) is 23.3 Å². The predicted molar refractivity (Wildman–Crippen MR) is 90.1 cm³/mol. The summed E-state index contributed by atoms with van der Waals surface area (Å²) >= 11 is 0. The van der Waals surface area contributed by atoms with Crippen LogP contribution in [0.5, 0.6) is 0 Å². The van der Waals surface area contributed by atoms with E-state index in [4.69, 9.17) is 4.52 Å². The number of nitrogens with zero attached hydrogens (tertiary/aromatic N) is 2. The van der Waals surface area contributed by atoms with Crippen molar-refractivity contribution in [2.45, 2.75) is 38.6 Å². The molecule has 8 heteroatoms. The summed E-state index contributed by atoms with van der Waals surface area (Å²) in [7, 11) is -3.77. The van der Waals surface area contributed by atoms with Gasteiger partial charge in [0, 0.05) is 12.1 Å². The Kier molecular flexibility index (Phi) is 5.40. The van der Waals surface area contributed by atoms with E-state index in [1.807, 2.05) is 6.92 Å². The fraction of sp³-hybridized carbons (Fsp3) is 0.375. The number of carbonyl (C=O) groups excluding carboxylic acids is 1. The van der Waals surface area contributed by atoms with Crippen molar-refractivity contribution in [2.75, 3.05) is 11.9 Å². The van der Waals surface area contributed by atoms with Crippen LogP contribution in [0, 0.1) is 13.8 Å². The van der Waals surface area contributed by atoms with E-state index >= 15 is 0 Å². The molecule has 0 aliphatic rings. The minimum atomic E-state index is -3.77. The quantitative estimate of drug-likeness (QED) is 0.862. The van der Waals surface area contributed by atoms with Gasteiger partial charge in [-0.15, -0.1) is 0 Å². The van der Waals surface area contributed by atoms with Gasteiger partial charge in [-0.1, -0.05) is 22.9 Å². The molecule has 2 aromatic rings. The van der Waals surface area contributed by atoms with E-state index in [1.165, 1.54) is 0 Å². The lowest BCUT2D eigenvalue weighted by atomic mass is 10.2. The average molecular weight is 351 g/mol. The lowest BCUT2D eigenvalue weighted by Crippen LogP contribution is -2.42. The molecular formula is C16H21N3O4S. The molecule has 1 amide bonds. The van der Waals surface area contributed by atoms with Gasteiger partial charge in [-0.3, -0.25) is 4.79 Å². The van der Waals surface area contributed by atoms with E-state index in [0.29, 0.717) is 5.76 Å². The van der Waals surface area contributed by atoms with Gasteiger partial charge in [0.2, 0.25) is 15.9 Å².